The Morgan fingerprint density at radius 3 is 2.38 bits per heavy atom. The molecule has 0 aliphatic carbocycles. The van der Waals surface area contributed by atoms with Gasteiger partial charge in [0, 0.05) is 51.0 Å². The van der Waals surface area contributed by atoms with E-state index in [4.69, 9.17) is 4.98 Å². The van der Waals surface area contributed by atoms with Gasteiger partial charge in [-0.2, -0.15) is 9.29 Å². The molecule has 0 radical (unpaired) electrons. The molecule has 2 fully saturated rings. The smallest absolute Gasteiger partial charge is 0.227 e. The first-order valence-electron chi connectivity index (χ1n) is 9.98. The lowest BCUT2D eigenvalue weighted by Crippen LogP contribution is -2.49. The van der Waals surface area contributed by atoms with Gasteiger partial charge in [0.15, 0.2) is 0 Å². The van der Waals surface area contributed by atoms with Crippen LogP contribution in [0.25, 0.3) is 0 Å². The van der Waals surface area contributed by atoms with Crippen LogP contribution in [0.3, 0.4) is 0 Å². The first-order valence-corrected chi connectivity index (χ1v) is 11.6. The van der Waals surface area contributed by atoms with E-state index in [1.165, 1.54) is 35.3 Å². The van der Waals surface area contributed by atoms with E-state index in [0.29, 0.717) is 37.7 Å². The van der Waals surface area contributed by atoms with Crippen molar-refractivity contribution in [2.45, 2.75) is 25.5 Å². The van der Waals surface area contributed by atoms with Gasteiger partial charge in [0.2, 0.25) is 16.0 Å². The van der Waals surface area contributed by atoms with Crippen LogP contribution >= 0.6 is 0 Å². The summed E-state index contributed by atoms with van der Waals surface area (Å²) in [5.74, 6) is 0.998. The monoisotopic (exact) mass is 419 g/mol. The molecule has 1 aromatic carbocycles. The van der Waals surface area contributed by atoms with Crippen molar-refractivity contribution >= 4 is 21.8 Å². The van der Waals surface area contributed by atoms with Crippen molar-refractivity contribution in [3.63, 3.8) is 0 Å². The lowest BCUT2D eigenvalue weighted by Gasteiger charge is -2.34. The quantitative estimate of drug-likeness (QED) is 0.740. The Balaban J connectivity index is 1.42. The third kappa shape index (κ3) is 4.67. The Bertz CT molecular complexity index is 971. The van der Waals surface area contributed by atoms with Gasteiger partial charge in [-0.15, -0.1) is 0 Å². The number of hydrogen-bond acceptors (Lipinski definition) is 6. The lowest BCUT2D eigenvalue weighted by molar-refractivity contribution is 0.382. The maximum Gasteiger partial charge on any atom is 0.227 e. The van der Waals surface area contributed by atoms with Crippen LogP contribution < -0.4 is 9.80 Å². The van der Waals surface area contributed by atoms with E-state index in [-0.39, 0.29) is 5.75 Å². The molecule has 1 aromatic heterocycles. The Hall–Kier alpha value is -2.26. The molecular formula is C20H26FN5O2S. The number of anilines is 2. The van der Waals surface area contributed by atoms with Crippen LogP contribution in [0.1, 0.15) is 24.1 Å². The van der Waals surface area contributed by atoms with E-state index >= 15 is 0 Å². The molecular weight excluding hydrogens is 393 g/mol. The maximum absolute atomic E-state index is 13.4. The summed E-state index contributed by atoms with van der Waals surface area (Å²) in [6.07, 6.45) is 2.36. The minimum absolute atomic E-state index is 0.190. The van der Waals surface area contributed by atoms with Gasteiger partial charge in [0.05, 0.1) is 5.75 Å². The van der Waals surface area contributed by atoms with Crippen molar-refractivity contribution in [2.75, 3.05) is 49.1 Å². The molecule has 7 nitrogen and oxygen atoms in total. The number of benzene rings is 1. The highest BCUT2D eigenvalue weighted by atomic mass is 32.2. The molecule has 9 heteroatoms. The van der Waals surface area contributed by atoms with Gasteiger partial charge in [0.1, 0.15) is 11.6 Å². The molecule has 0 bridgehead atoms. The Morgan fingerprint density at radius 1 is 0.966 bits per heavy atom. The van der Waals surface area contributed by atoms with E-state index in [1.54, 1.807) is 6.07 Å². The number of aromatic nitrogens is 2. The van der Waals surface area contributed by atoms with Gasteiger partial charge in [-0.3, -0.25) is 0 Å². The molecule has 0 atom stereocenters. The fraction of sp³-hybridized carbons (Fsp3) is 0.500. The van der Waals surface area contributed by atoms with Gasteiger partial charge >= 0.3 is 0 Å². The SMILES string of the molecule is Cc1cc(N2CCCC2)nc(N2CCN(S(=O)(=O)Cc3cccc(F)c3)CC2)n1. The van der Waals surface area contributed by atoms with Gasteiger partial charge in [0.25, 0.3) is 0 Å². The standard InChI is InChI=1S/C20H26FN5O2S/c1-16-13-19(24-7-2-3-8-24)23-20(22-16)25-9-11-26(12-10-25)29(27,28)15-17-5-4-6-18(21)14-17/h4-6,13-14H,2-3,7-12,15H2,1H3. The van der Waals surface area contributed by atoms with Crippen LogP contribution in [-0.4, -0.2) is 62.0 Å². The van der Waals surface area contributed by atoms with Crippen molar-refractivity contribution in [2.24, 2.45) is 0 Å². The molecule has 2 aromatic rings. The van der Waals surface area contributed by atoms with E-state index < -0.39 is 15.8 Å². The Kier molecular flexibility index (Phi) is 5.69. The summed E-state index contributed by atoms with van der Waals surface area (Å²) >= 11 is 0. The minimum Gasteiger partial charge on any atom is -0.356 e. The van der Waals surface area contributed by atoms with Crippen molar-refractivity contribution in [1.29, 1.82) is 0 Å². The van der Waals surface area contributed by atoms with Gasteiger partial charge in [-0.05, 0) is 37.5 Å². The molecule has 156 valence electrons. The summed E-state index contributed by atoms with van der Waals surface area (Å²) in [4.78, 5) is 13.6. The highest BCUT2D eigenvalue weighted by Crippen LogP contribution is 2.23. The molecule has 2 saturated heterocycles. The minimum atomic E-state index is -3.50. The zero-order valence-corrected chi connectivity index (χ0v) is 17.4. The Labute approximate surface area is 171 Å². The second-order valence-corrected chi connectivity index (χ2v) is 9.60. The highest BCUT2D eigenvalue weighted by Gasteiger charge is 2.28. The summed E-state index contributed by atoms with van der Waals surface area (Å²) in [7, 11) is -3.50. The molecule has 0 N–H and O–H groups in total. The van der Waals surface area contributed by atoms with E-state index in [2.05, 4.69) is 9.88 Å². The molecule has 2 aliphatic heterocycles. The molecule has 0 unspecified atom stereocenters. The topological polar surface area (TPSA) is 69.6 Å². The summed E-state index contributed by atoms with van der Waals surface area (Å²) in [5, 5.41) is 0. The van der Waals surface area contributed by atoms with Crippen molar-refractivity contribution in [3.05, 3.63) is 47.4 Å². The average molecular weight is 420 g/mol. The first-order chi connectivity index (χ1) is 13.9. The van der Waals surface area contributed by atoms with E-state index in [0.717, 1.165) is 24.6 Å². The molecule has 0 spiro atoms. The number of sulfonamides is 1. The van der Waals surface area contributed by atoms with Crippen LogP contribution in [-0.2, 0) is 15.8 Å². The van der Waals surface area contributed by atoms with Crippen molar-refractivity contribution < 1.29 is 12.8 Å². The lowest BCUT2D eigenvalue weighted by atomic mass is 10.2. The zero-order chi connectivity index (χ0) is 20.4. The van der Waals surface area contributed by atoms with Crippen LogP contribution in [0.2, 0.25) is 0 Å². The number of hydrogen-bond donors (Lipinski definition) is 0. The summed E-state index contributed by atoms with van der Waals surface area (Å²) in [6, 6.07) is 7.76. The molecule has 4 rings (SSSR count). The predicted molar refractivity (Wildman–Crippen MR) is 111 cm³/mol. The number of nitrogens with zero attached hydrogens (tertiary/aromatic N) is 5. The summed E-state index contributed by atoms with van der Waals surface area (Å²) < 4.78 is 40.3. The number of piperazine rings is 1. The fourth-order valence-electron chi connectivity index (χ4n) is 3.88. The molecule has 0 amide bonds. The normalized spacial score (nSPS) is 18.4. The predicted octanol–water partition coefficient (Wildman–Crippen LogP) is 2.18. The molecule has 0 saturated carbocycles. The Morgan fingerprint density at radius 2 is 1.69 bits per heavy atom. The number of aryl methyl sites for hydroxylation is 1. The second kappa shape index (κ2) is 8.23. The van der Waals surface area contributed by atoms with Crippen LogP contribution in [0, 0.1) is 12.7 Å². The van der Waals surface area contributed by atoms with Crippen molar-refractivity contribution in [1.82, 2.24) is 14.3 Å². The number of rotatable bonds is 5. The fourth-order valence-corrected chi connectivity index (χ4v) is 5.38. The van der Waals surface area contributed by atoms with Crippen molar-refractivity contribution in [3.8, 4) is 0 Å². The molecule has 3 heterocycles. The second-order valence-electron chi connectivity index (χ2n) is 7.63. The average Bonchev–Trinajstić information content (AvgIpc) is 3.22. The van der Waals surface area contributed by atoms with Gasteiger partial charge < -0.3 is 9.80 Å². The zero-order valence-electron chi connectivity index (χ0n) is 16.6. The third-order valence-corrected chi connectivity index (χ3v) is 7.26. The largest absolute Gasteiger partial charge is 0.356 e. The molecule has 29 heavy (non-hydrogen) atoms. The molecule has 2 aliphatic rings. The van der Waals surface area contributed by atoms with Crippen LogP contribution in [0.5, 0.6) is 0 Å². The van der Waals surface area contributed by atoms with E-state index in [9.17, 15) is 12.8 Å². The summed E-state index contributed by atoms with van der Waals surface area (Å²) in [6.45, 7) is 5.80. The highest BCUT2D eigenvalue weighted by molar-refractivity contribution is 7.88. The number of halogens is 1. The maximum atomic E-state index is 13.4. The van der Waals surface area contributed by atoms with Crippen LogP contribution in [0.4, 0.5) is 16.2 Å². The van der Waals surface area contributed by atoms with Crippen LogP contribution in [0.15, 0.2) is 30.3 Å². The van der Waals surface area contributed by atoms with Gasteiger partial charge in [-0.1, -0.05) is 12.1 Å². The first kappa shape index (κ1) is 20.0. The van der Waals surface area contributed by atoms with E-state index in [1.807, 2.05) is 17.9 Å². The summed E-state index contributed by atoms with van der Waals surface area (Å²) in [5.41, 5.74) is 1.38. The third-order valence-electron chi connectivity index (χ3n) is 5.41. The van der Waals surface area contributed by atoms with Gasteiger partial charge in [-0.25, -0.2) is 17.8 Å².